The minimum Gasteiger partial charge on any atom is -0.473 e. The lowest BCUT2D eigenvalue weighted by Crippen LogP contribution is -2.44. The number of hydrogen-bond donors (Lipinski definition) is 4. The average Bonchev–Trinajstić information content (AvgIpc) is 3.29. The van der Waals surface area contributed by atoms with E-state index in [0.717, 1.165) is 31.7 Å². The van der Waals surface area contributed by atoms with E-state index >= 15 is 0 Å². The van der Waals surface area contributed by atoms with Gasteiger partial charge in [-0.2, -0.15) is 5.26 Å². The van der Waals surface area contributed by atoms with Crippen LogP contribution in [0.4, 0.5) is 0 Å². The molecular weight excluding hydrogens is 500 g/mol. The van der Waals surface area contributed by atoms with Gasteiger partial charge < -0.3 is 29.8 Å². The van der Waals surface area contributed by atoms with Crippen LogP contribution in [0.1, 0.15) is 5.69 Å². The Hall–Kier alpha value is -4.25. The van der Waals surface area contributed by atoms with Crippen LogP contribution in [-0.2, 0) is 19.2 Å². The molecule has 1 fully saturated rings. The van der Waals surface area contributed by atoms with E-state index in [2.05, 4.69) is 28.1 Å². The van der Waals surface area contributed by atoms with Crippen molar-refractivity contribution in [3.05, 3.63) is 46.6 Å². The van der Waals surface area contributed by atoms with E-state index < -0.39 is 23.9 Å². The number of piperazine rings is 1. The van der Waals surface area contributed by atoms with Crippen LogP contribution in [0.2, 0.25) is 5.02 Å². The lowest BCUT2D eigenvalue weighted by atomic mass is 10.1. The quantitative estimate of drug-likeness (QED) is 0.331. The Morgan fingerprint density at radius 2 is 1.56 bits per heavy atom. The molecule has 2 heterocycles. The van der Waals surface area contributed by atoms with E-state index in [0.29, 0.717) is 28.6 Å². The zero-order valence-electron chi connectivity index (χ0n) is 19.0. The Balaban J connectivity index is 0.000000450. The second-order valence-electron chi connectivity index (χ2n) is 7.18. The van der Waals surface area contributed by atoms with Crippen molar-refractivity contribution in [3.63, 3.8) is 0 Å². The molecule has 0 bridgehead atoms. The molecule has 1 saturated heterocycles. The first-order valence-electron chi connectivity index (χ1n) is 10.1. The molecular formula is C22H23ClN4O9. The first-order valence-corrected chi connectivity index (χ1v) is 10.5. The summed E-state index contributed by atoms with van der Waals surface area (Å²) in [5, 5.41) is 43.6. The van der Waals surface area contributed by atoms with Gasteiger partial charge in [-0.05, 0) is 25.3 Å². The normalized spacial score (nSPS) is 13.8. The third-order valence-corrected chi connectivity index (χ3v) is 4.82. The lowest BCUT2D eigenvalue weighted by Gasteiger charge is -2.32. The number of benzene rings is 1. The molecule has 4 N–H and O–H groups in total. The van der Waals surface area contributed by atoms with Crippen molar-refractivity contribution in [1.82, 2.24) is 15.0 Å². The number of hydrogen-bond acceptors (Lipinski definition) is 9. The fourth-order valence-electron chi connectivity index (χ4n) is 2.68. The third kappa shape index (κ3) is 10.8. The van der Waals surface area contributed by atoms with Crippen LogP contribution in [-0.4, -0.2) is 99.0 Å². The summed E-state index contributed by atoms with van der Waals surface area (Å²) in [6.07, 6.45) is 1.78. The molecule has 1 aliphatic rings. The van der Waals surface area contributed by atoms with E-state index in [1.54, 1.807) is 6.08 Å². The second-order valence-corrected chi connectivity index (χ2v) is 7.58. The molecule has 0 spiro atoms. The van der Waals surface area contributed by atoms with Crippen molar-refractivity contribution in [2.45, 2.75) is 0 Å². The number of rotatable bonds is 4. The first-order chi connectivity index (χ1) is 16.9. The maximum Gasteiger partial charge on any atom is 0.414 e. The van der Waals surface area contributed by atoms with Crippen molar-refractivity contribution in [1.29, 1.82) is 5.26 Å². The Morgan fingerprint density at radius 1 is 1.03 bits per heavy atom. The average molecular weight is 523 g/mol. The Bertz CT molecular complexity index is 1100. The maximum atomic E-state index is 9.40. The number of nitriles is 1. The van der Waals surface area contributed by atoms with E-state index in [4.69, 9.17) is 55.7 Å². The fourth-order valence-corrected chi connectivity index (χ4v) is 2.91. The molecule has 1 aromatic heterocycles. The third-order valence-electron chi connectivity index (χ3n) is 4.49. The van der Waals surface area contributed by atoms with Gasteiger partial charge in [0, 0.05) is 49.9 Å². The highest BCUT2D eigenvalue weighted by molar-refractivity contribution is 6.33. The molecule has 0 aliphatic carbocycles. The number of likely N-dealkylation sites (N-methyl/N-ethyl adjacent to an activating group) is 1. The summed E-state index contributed by atoms with van der Waals surface area (Å²) < 4.78 is 5.37. The van der Waals surface area contributed by atoms with Gasteiger partial charge in [-0.3, -0.25) is 4.90 Å². The van der Waals surface area contributed by atoms with Crippen molar-refractivity contribution in [3.8, 4) is 17.4 Å². The van der Waals surface area contributed by atoms with Crippen LogP contribution in [0.3, 0.4) is 0 Å². The predicted molar refractivity (Wildman–Crippen MR) is 125 cm³/mol. The summed E-state index contributed by atoms with van der Waals surface area (Å²) >= 11 is 6.18. The molecule has 1 aliphatic heterocycles. The summed E-state index contributed by atoms with van der Waals surface area (Å²) in [6, 6.07) is 11.5. The van der Waals surface area contributed by atoms with Crippen molar-refractivity contribution >= 4 is 41.6 Å². The minimum atomic E-state index is -1.82. The number of carboxylic acids is 4. The molecule has 0 amide bonds. The molecule has 1 aromatic carbocycles. The highest BCUT2D eigenvalue weighted by Crippen LogP contribution is 2.28. The number of aliphatic carboxylic acids is 4. The Morgan fingerprint density at radius 3 is 2.03 bits per heavy atom. The van der Waals surface area contributed by atoms with Crippen molar-refractivity contribution in [2.24, 2.45) is 0 Å². The SMILES string of the molecule is CN1CCN(C/C(C#N)=C\c2cc(-c3ccccc3Cl)on2)CC1.O=C(O)C(=O)O.O=C(O)C(=O)O. The first kappa shape index (κ1) is 29.8. The molecule has 14 heteroatoms. The summed E-state index contributed by atoms with van der Waals surface area (Å²) in [5.74, 6) is -6.70. The minimum absolute atomic E-state index is 0.601. The highest BCUT2D eigenvalue weighted by Gasteiger charge is 2.15. The molecule has 2 aromatic rings. The standard InChI is InChI=1S/C18H19ClN4O.2C2H2O4/c1-22-6-8-23(9-7-22)13-14(12-20)10-15-11-18(24-21-15)16-4-2-3-5-17(16)19;2*3-1(4)2(5)6/h2-5,10-11H,6-9,13H2,1H3;2*(H,3,4)(H,5,6)/b14-10-;;. The number of aromatic nitrogens is 1. The van der Waals surface area contributed by atoms with Gasteiger partial charge in [0.05, 0.1) is 11.1 Å². The van der Waals surface area contributed by atoms with Gasteiger partial charge in [-0.15, -0.1) is 0 Å². The monoisotopic (exact) mass is 522 g/mol. The van der Waals surface area contributed by atoms with Gasteiger partial charge in [0.25, 0.3) is 0 Å². The van der Waals surface area contributed by atoms with Gasteiger partial charge >= 0.3 is 23.9 Å². The van der Waals surface area contributed by atoms with Crippen LogP contribution in [0, 0.1) is 11.3 Å². The molecule has 13 nitrogen and oxygen atoms in total. The van der Waals surface area contributed by atoms with E-state index in [1.165, 1.54) is 0 Å². The number of carbonyl (C=O) groups is 4. The van der Waals surface area contributed by atoms with Gasteiger partial charge in [0.1, 0.15) is 5.69 Å². The largest absolute Gasteiger partial charge is 0.473 e. The predicted octanol–water partition coefficient (Wildman–Crippen LogP) is 1.46. The molecule has 3 rings (SSSR count). The molecule has 0 unspecified atom stereocenters. The van der Waals surface area contributed by atoms with E-state index in [9.17, 15) is 5.26 Å². The van der Waals surface area contributed by atoms with E-state index in [1.807, 2.05) is 30.3 Å². The van der Waals surface area contributed by atoms with Crippen LogP contribution >= 0.6 is 11.6 Å². The zero-order valence-corrected chi connectivity index (χ0v) is 19.8. The smallest absolute Gasteiger partial charge is 0.414 e. The molecule has 0 saturated carbocycles. The fraction of sp³-hybridized carbons (Fsp3) is 0.273. The maximum absolute atomic E-state index is 9.40. The molecule has 36 heavy (non-hydrogen) atoms. The second kappa shape index (κ2) is 14.9. The molecule has 0 radical (unpaired) electrons. The summed E-state index contributed by atoms with van der Waals surface area (Å²) in [7, 11) is 2.12. The lowest BCUT2D eigenvalue weighted by molar-refractivity contribution is -0.159. The molecule has 192 valence electrons. The number of carboxylic acid groups (broad SMARTS) is 4. The highest BCUT2D eigenvalue weighted by atomic mass is 35.5. The zero-order chi connectivity index (χ0) is 27.3. The van der Waals surface area contributed by atoms with Crippen LogP contribution in [0.5, 0.6) is 0 Å². The summed E-state index contributed by atoms with van der Waals surface area (Å²) in [6.45, 7) is 4.63. The van der Waals surface area contributed by atoms with Crippen LogP contribution in [0.25, 0.3) is 17.4 Å². The van der Waals surface area contributed by atoms with Crippen LogP contribution < -0.4 is 0 Å². The Kier molecular flexibility index (Phi) is 12.3. The van der Waals surface area contributed by atoms with Crippen molar-refractivity contribution < 1.29 is 44.1 Å². The van der Waals surface area contributed by atoms with E-state index in [-0.39, 0.29) is 0 Å². The topological polar surface area (TPSA) is 205 Å². The number of halogens is 1. The van der Waals surface area contributed by atoms with Crippen LogP contribution in [0.15, 0.2) is 40.4 Å². The summed E-state index contributed by atoms with van der Waals surface area (Å²) in [5.41, 5.74) is 2.11. The molecule has 0 atom stereocenters. The van der Waals surface area contributed by atoms with Crippen molar-refractivity contribution in [2.75, 3.05) is 39.8 Å². The Labute approximate surface area is 210 Å². The van der Waals surface area contributed by atoms with Gasteiger partial charge in [0.2, 0.25) is 0 Å². The van der Waals surface area contributed by atoms with Gasteiger partial charge in [0.15, 0.2) is 5.76 Å². The van der Waals surface area contributed by atoms with Gasteiger partial charge in [-0.1, -0.05) is 28.9 Å². The summed E-state index contributed by atoms with van der Waals surface area (Å²) in [4.78, 5) is 41.0. The van der Waals surface area contributed by atoms with Gasteiger partial charge in [-0.25, -0.2) is 19.2 Å². The number of nitrogens with zero attached hydrogens (tertiary/aromatic N) is 4.